The second kappa shape index (κ2) is 5.03. The van der Waals surface area contributed by atoms with E-state index in [0.29, 0.717) is 24.4 Å². The fraction of sp³-hybridized carbons (Fsp3) is 0.786. The molecule has 90 valence electrons. The predicted molar refractivity (Wildman–Crippen MR) is 63.9 cm³/mol. The molecule has 2 heteroatoms. The van der Waals surface area contributed by atoms with Crippen molar-refractivity contribution in [2.75, 3.05) is 6.61 Å². The van der Waals surface area contributed by atoms with Gasteiger partial charge in [0, 0.05) is 0 Å². The molecule has 0 N–H and O–H groups in total. The molecular formula is C14H22O2. The van der Waals surface area contributed by atoms with Crippen LogP contribution in [-0.2, 0) is 9.53 Å². The van der Waals surface area contributed by atoms with Crippen molar-refractivity contribution in [3.8, 4) is 0 Å². The summed E-state index contributed by atoms with van der Waals surface area (Å²) in [5, 5.41) is 0. The number of carbonyl (C=O) groups is 1. The van der Waals surface area contributed by atoms with Gasteiger partial charge in [0.25, 0.3) is 0 Å². The summed E-state index contributed by atoms with van der Waals surface area (Å²) in [5.41, 5.74) is 0. The average molecular weight is 222 g/mol. The van der Waals surface area contributed by atoms with E-state index < -0.39 is 0 Å². The second-order valence-corrected chi connectivity index (χ2v) is 5.59. The summed E-state index contributed by atoms with van der Waals surface area (Å²) < 4.78 is 5.36. The van der Waals surface area contributed by atoms with Crippen molar-refractivity contribution in [3.63, 3.8) is 0 Å². The third-order valence-corrected chi connectivity index (χ3v) is 3.75. The van der Waals surface area contributed by atoms with E-state index in [-0.39, 0.29) is 11.9 Å². The molecule has 2 nitrogen and oxygen atoms in total. The maximum Gasteiger partial charge on any atom is 0.309 e. The summed E-state index contributed by atoms with van der Waals surface area (Å²) >= 11 is 0. The molecule has 0 aliphatic heterocycles. The highest BCUT2D eigenvalue weighted by molar-refractivity contribution is 5.74. The summed E-state index contributed by atoms with van der Waals surface area (Å²) in [6, 6.07) is 0. The van der Waals surface area contributed by atoms with Crippen molar-refractivity contribution in [2.24, 2.45) is 23.7 Å². The van der Waals surface area contributed by atoms with E-state index in [2.05, 4.69) is 26.0 Å². The number of esters is 1. The second-order valence-electron chi connectivity index (χ2n) is 5.59. The van der Waals surface area contributed by atoms with Crippen molar-refractivity contribution >= 4 is 5.97 Å². The first-order chi connectivity index (χ1) is 7.66. The van der Waals surface area contributed by atoms with E-state index in [4.69, 9.17) is 4.74 Å². The van der Waals surface area contributed by atoms with Crippen LogP contribution >= 0.6 is 0 Å². The largest absolute Gasteiger partial charge is 0.465 e. The Morgan fingerprint density at radius 3 is 2.75 bits per heavy atom. The smallest absolute Gasteiger partial charge is 0.309 e. The first kappa shape index (κ1) is 11.7. The van der Waals surface area contributed by atoms with Crippen LogP contribution in [0.3, 0.4) is 0 Å². The van der Waals surface area contributed by atoms with Gasteiger partial charge in [-0.05, 0) is 43.4 Å². The molecule has 0 spiro atoms. The number of ether oxygens (including phenoxy) is 1. The topological polar surface area (TPSA) is 26.3 Å². The first-order valence-corrected chi connectivity index (χ1v) is 6.51. The molecule has 1 fully saturated rings. The zero-order chi connectivity index (χ0) is 11.5. The maximum absolute atomic E-state index is 11.8. The van der Waals surface area contributed by atoms with Gasteiger partial charge in [0.05, 0.1) is 12.5 Å². The zero-order valence-electron chi connectivity index (χ0n) is 10.3. The van der Waals surface area contributed by atoms with E-state index in [0.717, 1.165) is 19.3 Å². The third kappa shape index (κ3) is 2.66. The number of hydrogen-bond acceptors (Lipinski definition) is 2. The van der Waals surface area contributed by atoms with E-state index in [1.165, 1.54) is 6.42 Å². The molecular weight excluding hydrogens is 200 g/mol. The van der Waals surface area contributed by atoms with Crippen LogP contribution in [-0.4, -0.2) is 12.6 Å². The molecule has 3 unspecified atom stereocenters. The number of fused-ring (bicyclic) bond motifs is 2. The number of rotatable bonds is 5. The van der Waals surface area contributed by atoms with Gasteiger partial charge in [0.2, 0.25) is 0 Å². The SMILES string of the molecule is CC(C)CCCOC(=O)C1CC2C=CC1C2. The monoisotopic (exact) mass is 222 g/mol. The van der Waals surface area contributed by atoms with Crippen LogP contribution in [0.15, 0.2) is 12.2 Å². The van der Waals surface area contributed by atoms with Crippen molar-refractivity contribution in [3.05, 3.63) is 12.2 Å². The van der Waals surface area contributed by atoms with Gasteiger partial charge in [-0.2, -0.15) is 0 Å². The predicted octanol–water partition coefficient (Wildman–Crippen LogP) is 3.18. The molecule has 2 rings (SSSR count). The highest BCUT2D eigenvalue weighted by Crippen LogP contribution is 2.43. The van der Waals surface area contributed by atoms with Crippen molar-refractivity contribution < 1.29 is 9.53 Å². The molecule has 2 aliphatic carbocycles. The first-order valence-electron chi connectivity index (χ1n) is 6.51. The minimum atomic E-state index is 0.0422. The Balaban J connectivity index is 1.67. The Bertz CT molecular complexity index is 280. The summed E-state index contributed by atoms with van der Waals surface area (Å²) in [5.74, 6) is 2.03. The standard InChI is InChI=1S/C14H22O2/c1-10(2)4-3-7-16-14(15)13-9-11-5-6-12(13)8-11/h5-6,10-13H,3-4,7-9H2,1-2H3. The summed E-state index contributed by atoms with van der Waals surface area (Å²) in [6.07, 6.45) is 8.79. The van der Waals surface area contributed by atoms with Crippen molar-refractivity contribution in [1.29, 1.82) is 0 Å². The summed E-state index contributed by atoms with van der Waals surface area (Å²) in [7, 11) is 0. The van der Waals surface area contributed by atoms with Gasteiger partial charge in [-0.15, -0.1) is 0 Å². The molecule has 2 bridgehead atoms. The summed E-state index contributed by atoms with van der Waals surface area (Å²) in [6.45, 7) is 5.00. The lowest BCUT2D eigenvalue weighted by Crippen LogP contribution is -2.22. The Kier molecular flexibility index (Phi) is 3.67. The van der Waals surface area contributed by atoms with Gasteiger partial charge in [-0.3, -0.25) is 4.79 Å². The van der Waals surface area contributed by atoms with E-state index in [1.54, 1.807) is 0 Å². The molecule has 0 heterocycles. The highest BCUT2D eigenvalue weighted by Gasteiger charge is 2.40. The van der Waals surface area contributed by atoms with Crippen molar-refractivity contribution in [1.82, 2.24) is 0 Å². The fourth-order valence-corrected chi connectivity index (χ4v) is 2.82. The molecule has 0 radical (unpaired) electrons. The maximum atomic E-state index is 11.8. The van der Waals surface area contributed by atoms with Crippen LogP contribution in [0.5, 0.6) is 0 Å². The Morgan fingerprint density at radius 1 is 1.38 bits per heavy atom. The minimum absolute atomic E-state index is 0.0422. The molecule has 0 aromatic rings. The number of hydrogen-bond donors (Lipinski definition) is 0. The molecule has 2 aliphatic rings. The number of carbonyl (C=O) groups excluding carboxylic acids is 1. The fourth-order valence-electron chi connectivity index (χ4n) is 2.82. The number of allylic oxidation sites excluding steroid dienone is 2. The summed E-state index contributed by atoms with van der Waals surface area (Å²) in [4.78, 5) is 11.8. The van der Waals surface area contributed by atoms with Crippen LogP contribution < -0.4 is 0 Å². The van der Waals surface area contributed by atoms with Crippen LogP contribution in [0.25, 0.3) is 0 Å². The van der Waals surface area contributed by atoms with Gasteiger partial charge >= 0.3 is 5.97 Å². The van der Waals surface area contributed by atoms with Crippen LogP contribution in [0.1, 0.15) is 39.5 Å². The van der Waals surface area contributed by atoms with Gasteiger partial charge in [0.15, 0.2) is 0 Å². The third-order valence-electron chi connectivity index (χ3n) is 3.75. The molecule has 1 saturated carbocycles. The van der Waals surface area contributed by atoms with Gasteiger partial charge in [0.1, 0.15) is 0 Å². The molecule has 3 atom stereocenters. The molecule has 0 aromatic carbocycles. The Labute approximate surface area is 98.1 Å². The van der Waals surface area contributed by atoms with E-state index in [9.17, 15) is 4.79 Å². The van der Waals surface area contributed by atoms with Gasteiger partial charge in [-0.1, -0.05) is 26.0 Å². The lowest BCUT2D eigenvalue weighted by Gasteiger charge is -2.16. The van der Waals surface area contributed by atoms with E-state index >= 15 is 0 Å². The lowest BCUT2D eigenvalue weighted by atomic mass is 9.94. The average Bonchev–Trinajstić information content (AvgIpc) is 2.85. The molecule has 16 heavy (non-hydrogen) atoms. The molecule has 0 saturated heterocycles. The molecule has 0 amide bonds. The van der Waals surface area contributed by atoms with Crippen LogP contribution in [0.4, 0.5) is 0 Å². The van der Waals surface area contributed by atoms with Crippen LogP contribution in [0, 0.1) is 23.7 Å². The minimum Gasteiger partial charge on any atom is -0.465 e. The Morgan fingerprint density at radius 2 is 2.19 bits per heavy atom. The van der Waals surface area contributed by atoms with Crippen molar-refractivity contribution in [2.45, 2.75) is 39.5 Å². The normalized spacial score (nSPS) is 31.3. The van der Waals surface area contributed by atoms with E-state index in [1.807, 2.05) is 0 Å². The lowest BCUT2D eigenvalue weighted by molar-refractivity contribution is -0.149. The molecule has 0 aromatic heterocycles. The van der Waals surface area contributed by atoms with Crippen LogP contribution in [0.2, 0.25) is 0 Å². The highest BCUT2D eigenvalue weighted by atomic mass is 16.5. The zero-order valence-corrected chi connectivity index (χ0v) is 10.3. The van der Waals surface area contributed by atoms with Gasteiger partial charge in [-0.25, -0.2) is 0 Å². The Hall–Kier alpha value is -0.790. The quantitative estimate of drug-likeness (QED) is 0.406. The van der Waals surface area contributed by atoms with Gasteiger partial charge < -0.3 is 4.74 Å².